The van der Waals surface area contributed by atoms with E-state index in [1.54, 1.807) is 0 Å². The van der Waals surface area contributed by atoms with Crippen molar-refractivity contribution in [3.63, 3.8) is 0 Å². The third-order valence-corrected chi connectivity index (χ3v) is 3.79. The monoisotopic (exact) mass is 222 g/mol. The molecule has 2 nitrogen and oxygen atoms in total. The van der Waals surface area contributed by atoms with Gasteiger partial charge in [-0.05, 0) is 64.6 Å². The molecule has 0 unspecified atom stereocenters. The quantitative estimate of drug-likeness (QED) is 0.731. The Morgan fingerprint density at radius 3 is 2.56 bits per heavy atom. The fraction of sp³-hybridized carbons (Fsp3) is 0.929. The zero-order valence-electron chi connectivity index (χ0n) is 11.3. The normalized spacial score (nSPS) is 22.4. The summed E-state index contributed by atoms with van der Waals surface area (Å²) in [5, 5.41) is 8.99. The van der Waals surface area contributed by atoms with E-state index >= 15 is 0 Å². The Kier molecular flexibility index (Phi) is 4.38. The zero-order chi connectivity index (χ0) is 12.2. The molecule has 0 spiro atoms. The molecule has 0 aromatic carbocycles. The Bertz CT molecular complexity index is 260. The molecule has 1 aliphatic rings. The molecule has 1 aliphatic heterocycles. The van der Waals surface area contributed by atoms with Gasteiger partial charge in [-0.1, -0.05) is 13.8 Å². The first-order valence-electron chi connectivity index (χ1n) is 6.48. The molecule has 92 valence electrons. The van der Waals surface area contributed by atoms with Gasteiger partial charge in [0.05, 0.1) is 11.5 Å². The second kappa shape index (κ2) is 5.19. The van der Waals surface area contributed by atoms with Gasteiger partial charge in [0.15, 0.2) is 0 Å². The Hall–Kier alpha value is -0.550. The summed E-state index contributed by atoms with van der Waals surface area (Å²) in [5.41, 5.74) is 0.349. The van der Waals surface area contributed by atoms with Crippen LogP contribution in [0.5, 0.6) is 0 Å². The summed E-state index contributed by atoms with van der Waals surface area (Å²) in [6.07, 6.45) is 4.93. The molecule has 1 saturated heterocycles. The van der Waals surface area contributed by atoms with Gasteiger partial charge in [-0.2, -0.15) is 5.26 Å². The van der Waals surface area contributed by atoms with Crippen LogP contribution in [0.1, 0.15) is 53.4 Å². The fourth-order valence-electron chi connectivity index (χ4n) is 2.20. The van der Waals surface area contributed by atoms with Crippen LogP contribution >= 0.6 is 0 Å². The molecule has 0 aliphatic carbocycles. The number of hydrogen-bond acceptors (Lipinski definition) is 2. The van der Waals surface area contributed by atoms with E-state index in [1.165, 1.54) is 32.4 Å². The van der Waals surface area contributed by atoms with Gasteiger partial charge in [-0.15, -0.1) is 0 Å². The summed E-state index contributed by atoms with van der Waals surface area (Å²) in [6.45, 7) is 12.3. The minimum Gasteiger partial charge on any atom is -0.303 e. The van der Waals surface area contributed by atoms with E-state index in [4.69, 9.17) is 5.26 Å². The Morgan fingerprint density at radius 2 is 1.94 bits per heavy atom. The topological polar surface area (TPSA) is 27.0 Å². The maximum absolute atomic E-state index is 8.99. The highest BCUT2D eigenvalue weighted by atomic mass is 15.1. The van der Waals surface area contributed by atoms with Crippen LogP contribution in [0.2, 0.25) is 0 Å². The number of rotatable bonds is 3. The number of nitrogens with zero attached hydrogens (tertiary/aromatic N) is 2. The van der Waals surface area contributed by atoms with Crippen LogP contribution in [0.15, 0.2) is 0 Å². The first kappa shape index (κ1) is 13.5. The Labute approximate surface area is 101 Å². The highest BCUT2D eigenvalue weighted by Crippen LogP contribution is 2.30. The van der Waals surface area contributed by atoms with Crippen LogP contribution in [0.4, 0.5) is 0 Å². The van der Waals surface area contributed by atoms with Gasteiger partial charge in [0.2, 0.25) is 0 Å². The molecule has 1 fully saturated rings. The molecule has 16 heavy (non-hydrogen) atoms. The molecule has 0 atom stereocenters. The maximum Gasteiger partial charge on any atom is 0.0684 e. The average molecular weight is 222 g/mol. The number of hydrogen-bond donors (Lipinski definition) is 0. The molecular weight excluding hydrogens is 196 g/mol. The van der Waals surface area contributed by atoms with Crippen molar-refractivity contribution in [2.75, 3.05) is 19.6 Å². The number of likely N-dealkylation sites (tertiary alicyclic amines) is 1. The lowest BCUT2D eigenvalue weighted by Crippen LogP contribution is -2.29. The summed E-state index contributed by atoms with van der Waals surface area (Å²) in [6, 6.07) is 2.39. The molecular formula is C14H26N2. The molecule has 0 radical (unpaired) electrons. The van der Waals surface area contributed by atoms with E-state index < -0.39 is 0 Å². The minimum atomic E-state index is -0.165. The smallest absolute Gasteiger partial charge is 0.0684 e. The molecule has 0 aromatic heterocycles. The van der Waals surface area contributed by atoms with Gasteiger partial charge < -0.3 is 4.90 Å². The molecule has 0 aromatic rings. The van der Waals surface area contributed by atoms with Crippen LogP contribution in [0.3, 0.4) is 0 Å². The second-order valence-electron chi connectivity index (χ2n) is 6.61. The van der Waals surface area contributed by atoms with Crippen molar-refractivity contribution in [1.82, 2.24) is 4.90 Å². The van der Waals surface area contributed by atoms with Gasteiger partial charge in [0.1, 0.15) is 0 Å². The predicted molar refractivity (Wildman–Crippen MR) is 68.1 cm³/mol. The molecule has 0 bridgehead atoms. The summed E-state index contributed by atoms with van der Waals surface area (Å²) in [7, 11) is 0. The van der Waals surface area contributed by atoms with Crippen LogP contribution in [0.25, 0.3) is 0 Å². The van der Waals surface area contributed by atoms with E-state index in [-0.39, 0.29) is 5.41 Å². The minimum absolute atomic E-state index is 0.165. The van der Waals surface area contributed by atoms with Crippen molar-refractivity contribution in [3.05, 3.63) is 0 Å². The van der Waals surface area contributed by atoms with E-state index in [2.05, 4.69) is 24.8 Å². The highest BCUT2D eigenvalue weighted by Gasteiger charge is 2.24. The maximum atomic E-state index is 8.99. The summed E-state index contributed by atoms with van der Waals surface area (Å²) < 4.78 is 0. The molecule has 1 rings (SSSR count). The van der Waals surface area contributed by atoms with Crippen LogP contribution in [-0.2, 0) is 0 Å². The third kappa shape index (κ3) is 4.53. The predicted octanol–water partition coefficient (Wildman–Crippen LogP) is 3.44. The third-order valence-electron chi connectivity index (χ3n) is 3.79. The van der Waals surface area contributed by atoms with Gasteiger partial charge in [-0.3, -0.25) is 0 Å². The van der Waals surface area contributed by atoms with Crippen LogP contribution in [-0.4, -0.2) is 24.5 Å². The lowest BCUT2D eigenvalue weighted by molar-refractivity contribution is 0.237. The largest absolute Gasteiger partial charge is 0.303 e. The molecule has 1 heterocycles. The van der Waals surface area contributed by atoms with Crippen molar-refractivity contribution in [2.45, 2.75) is 53.4 Å². The van der Waals surface area contributed by atoms with E-state index in [0.717, 1.165) is 13.0 Å². The lowest BCUT2D eigenvalue weighted by atomic mass is 9.85. The average Bonchev–Trinajstić information content (AvgIpc) is 2.37. The Morgan fingerprint density at radius 1 is 1.25 bits per heavy atom. The fourth-order valence-corrected chi connectivity index (χ4v) is 2.20. The second-order valence-corrected chi connectivity index (χ2v) is 6.61. The van der Waals surface area contributed by atoms with Crippen molar-refractivity contribution in [3.8, 4) is 6.07 Å². The van der Waals surface area contributed by atoms with Gasteiger partial charge in [0, 0.05) is 0 Å². The van der Waals surface area contributed by atoms with Crippen molar-refractivity contribution >= 4 is 0 Å². The Balaban J connectivity index is 2.37. The summed E-state index contributed by atoms with van der Waals surface area (Å²) in [5.74, 6) is 0. The van der Waals surface area contributed by atoms with Crippen LogP contribution < -0.4 is 0 Å². The van der Waals surface area contributed by atoms with Gasteiger partial charge in [-0.25, -0.2) is 0 Å². The molecule has 0 amide bonds. The molecule has 2 heteroatoms. The van der Waals surface area contributed by atoms with Crippen molar-refractivity contribution < 1.29 is 0 Å². The van der Waals surface area contributed by atoms with Crippen molar-refractivity contribution in [1.29, 1.82) is 5.26 Å². The van der Waals surface area contributed by atoms with Gasteiger partial charge in [0.25, 0.3) is 0 Å². The standard InChI is InChI=1S/C14H26N2/c1-13(2)6-5-9-16(10-7-13)11-8-14(3,4)12-15/h5-11H2,1-4H3. The summed E-state index contributed by atoms with van der Waals surface area (Å²) in [4.78, 5) is 2.54. The molecule has 0 N–H and O–H groups in total. The van der Waals surface area contributed by atoms with Gasteiger partial charge >= 0.3 is 0 Å². The first-order valence-corrected chi connectivity index (χ1v) is 6.48. The van der Waals surface area contributed by atoms with E-state index in [0.29, 0.717) is 5.41 Å². The molecule has 0 saturated carbocycles. The SMILES string of the molecule is CC(C)(C#N)CCN1CCCC(C)(C)CC1. The number of nitriles is 1. The zero-order valence-corrected chi connectivity index (χ0v) is 11.3. The highest BCUT2D eigenvalue weighted by molar-refractivity contribution is 4.92. The van der Waals surface area contributed by atoms with Crippen molar-refractivity contribution in [2.24, 2.45) is 10.8 Å². The van der Waals surface area contributed by atoms with E-state index in [9.17, 15) is 0 Å². The van der Waals surface area contributed by atoms with E-state index in [1.807, 2.05) is 13.8 Å². The summed E-state index contributed by atoms with van der Waals surface area (Å²) >= 11 is 0. The van der Waals surface area contributed by atoms with Crippen LogP contribution in [0, 0.1) is 22.2 Å². The lowest BCUT2D eigenvalue weighted by Gasteiger charge is -2.25. The first-order chi connectivity index (χ1) is 7.35.